The molecule has 2 aliphatic rings. The highest BCUT2D eigenvalue weighted by molar-refractivity contribution is 5.30. The molecule has 0 radical (unpaired) electrons. The van der Waals surface area contributed by atoms with Crippen LogP contribution in [-0.4, -0.2) is 53.7 Å². The Balaban J connectivity index is 1.51. The summed E-state index contributed by atoms with van der Waals surface area (Å²) in [6, 6.07) is 7.24. The van der Waals surface area contributed by atoms with Gasteiger partial charge < -0.3 is 5.11 Å². The van der Waals surface area contributed by atoms with Crippen LogP contribution in [0.25, 0.3) is 0 Å². The topological polar surface area (TPSA) is 26.7 Å². The molecule has 3 heteroatoms. The summed E-state index contributed by atoms with van der Waals surface area (Å²) in [5, 5.41) is 10.5. The van der Waals surface area contributed by atoms with Gasteiger partial charge in [-0.1, -0.05) is 42.2 Å². The Hall–Kier alpha value is -0.900. The van der Waals surface area contributed by atoms with E-state index in [9.17, 15) is 5.11 Å². The quantitative estimate of drug-likeness (QED) is 0.926. The minimum atomic E-state index is -0.364. The lowest BCUT2D eigenvalue weighted by atomic mass is 10.0. The standard InChI is InChI=1S/C19H30N2O/c1-15-11-16(2)13-17(12-15)19(22)14-20-7-9-21(10-8-20)18-5-3-4-6-18/h11-13,18-19,22H,3-10,14H2,1-2H3. The van der Waals surface area contributed by atoms with Crippen molar-refractivity contribution in [1.29, 1.82) is 0 Å². The molecule has 1 saturated heterocycles. The molecule has 22 heavy (non-hydrogen) atoms. The van der Waals surface area contributed by atoms with E-state index in [0.29, 0.717) is 0 Å². The molecule has 122 valence electrons. The number of hydrogen-bond donors (Lipinski definition) is 1. The average Bonchev–Trinajstić information content (AvgIpc) is 3.01. The Labute approximate surface area is 134 Å². The Morgan fingerprint density at radius 3 is 2.18 bits per heavy atom. The van der Waals surface area contributed by atoms with Gasteiger partial charge in [-0.2, -0.15) is 0 Å². The summed E-state index contributed by atoms with van der Waals surface area (Å²) in [5.74, 6) is 0. The molecule has 0 amide bonds. The molecule has 1 aliphatic carbocycles. The third kappa shape index (κ3) is 3.89. The zero-order chi connectivity index (χ0) is 15.5. The highest BCUT2D eigenvalue weighted by atomic mass is 16.3. The number of hydrogen-bond acceptors (Lipinski definition) is 3. The molecule has 1 unspecified atom stereocenters. The summed E-state index contributed by atoms with van der Waals surface area (Å²) in [7, 11) is 0. The maximum atomic E-state index is 10.5. The van der Waals surface area contributed by atoms with Gasteiger partial charge in [-0.25, -0.2) is 0 Å². The number of β-amino-alcohol motifs (C(OH)–C–C–N with tert-alkyl or cyclic N) is 1. The highest BCUT2D eigenvalue weighted by Gasteiger charge is 2.26. The molecule has 1 aromatic carbocycles. The van der Waals surface area contributed by atoms with Crippen LogP contribution in [0.2, 0.25) is 0 Å². The van der Waals surface area contributed by atoms with E-state index in [1.807, 2.05) is 0 Å². The number of aliphatic hydroxyl groups excluding tert-OH is 1. The molecule has 1 heterocycles. The molecular formula is C19H30N2O. The average molecular weight is 302 g/mol. The van der Waals surface area contributed by atoms with Crippen molar-refractivity contribution in [1.82, 2.24) is 9.80 Å². The van der Waals surface area contributed by atoms with Gasteiger partial charge in [0, 0.05) is 38.8 Å². The molecule has 3 rings (SSSR count). The lowest BCUT2D eigenvalue weighted by molar-refractivity contribution is 0.0570. The van der Waals surface area contributed by atoms with Crippen molar-refractivity contribution < 1.29 is 5.11 Å². The number of benzene rings is 1. The zero-order valence-corrected chi connectivity index (χ0v) is 14.1. The lowest BCUT2D eigenvalue weighted by Crippen LogP contribution is -2.50. The number of nitrogens with zero attached hydrogens (tertiary/aromatic N) is 2. The normalized spacial score (nSPS) is 23.0. The zero-order valence-electron chi connectivity index (χ0n) is 14.1. The molecule has 0 aromatic heterocycles. The van der Waals surface area contributed by atoms with Crippen LogP contribution in [0.5, 0.6) is 0 Å². The fourth-order valence-electron chi connectivity index (χ4n) is 4.13. The fraction of sp³-hybridized carbons (Fsp3) is 0.684. The minimum Gasteiger partial charge on any atom is -0.387 e. The molecule has 0 spiro atoms. The van der Waals surface area contributed by atoms with Gasteiger partial charge in [0.2, 0.25) is 0 Å². The molecule has 1 N–H and O–H groups in total. The van der Waals surface area contributed by atoms with Gasteiger partial charge in [0.1, 0.15) is 0 Å². The van der Waals surface area contributed by atoms with Crippen LogP contribution in [0, 0.1) is 13.8 Å². The summed E-state index contributed by atoms with van der Waals surface area (Å²) in [5.41, 5.74) is 3.54. The predicted octanol–water partition coefficient (Wildman–Crippen LogP) is 2.90. The second-order valence-electron chi connectivity index (χ2n) is 7.21. The number of piperazine rings is 1. The van der Waals surface area contributed by atoms with E-state index in [1.165, 1.54) is 49.9 Å². The second kappa shape index (κ2) is 7.12. The van der Waals surface area contributed by atoms with Gasteiger partial charge in [0.25, 0.3) is 0 Å². The number of aryl methyl sites for hydroxylation is 2. The van der Waals surface area contributed by atoms with Crippen molar-refractivity contribution in [3.05, 3.63) is 34.9 Å². The first-order valence-electron chi connectivity index (χ1n) is 8.84. The first kappa shape index (κ1) is 16.0. The highest BCUT2D eigenvalue weighted by Crippen LogP contribution is 2.25. The van der Waals surface area contributed by atoms with E-state index in [0.717, 1.165) is 31.2 Å². The lowest BCUT2D eigenvalue weighted by Gasteiger charge is -2.38. The Morgan fingerprint density at radius 1 is 1.00 bits per heavy atom. The van der Waals surface area contributed by atoms with Gasteiger partial charge in [-0.15, -0.1) is 0 Å². The summed E-state index contributed by atoms with van der Waals surface area (Å²) in [4.78, 5) is 5.10. The van der Waals surface area contributed by atoms with Crippen LogP contribution in [0.4, 0.5) is 0 Å². The van der Waals surface area contributed by atoms with E-state index in [4.69, 9.17) is 0 Å². The van der Waals surface area contributed by atoms with Gasteiger partial charge in [0.15, 0.2) is 0 Å². The first-order chi connectivity index (χ1) is 10.6. The maximum Gasteiger partial charge on any atom is 0.0917 e. The van der Waals surface area contributed by atoms with Crippen LogP contribution in [-0.2, 0) is 0 Å². The Kier molecular flexibility index (Phi) is 5.17. The molecule has 1 aromatic rings. The largest absolute Gasteiger partial charge is 0.387 e. The third-order valence-corrected chi connectivity index (χ3v) is 5.31. The SMILES string of the molecule is Cc1cc(C)cc(C(O)CN2CCN(C3CCCC3)CC2)c1. The van der Waals surface area contributed by atoms with E-state index in [-0.39, 0.29) is 6.10 Å². The molecule has 1 aliphatic heterocycles. The van der Waals surface area contributed by atoms with E-state index in [1.54, 1.807) is 0 Å². The molecule has 1 atom stereocenters. The van der Waals surface area contributed by atoms with Crippen molar-refractivity contribution >= 4 is 0 Å². The van der Waals surface area contributed by atoms with Crippen LogP contribution >= 0.6 is 0 Å². The van der Waals surface area contributed by atoms with Crippen LogP contribution in [0.1, 0.15) is 48.5 Å². The van der Waals surface area contributed by atoms with Crippen LogP contribution in [0.3, 0.4) is 0 Å². The molecule has 1 saturated carbocycles. The van der Waals surface area contributed by atoms with E-state index in [2.05, 4.69) is 41.8 Å². The summed E-state index contributed by atoms with van der Waals surface area (Å²) in [6.45, 7) is 9.50. The summed E-state index contributed by atoms with van der Waals surface area (Å²) in [6.07, 6.45) is 5.25. The smallest absolute Gasteiger partial charge is 0.0917 e. The Morgan fingerprint density at radius 2 is 1.59 bits per heavy atom. The van der Waals surface area contributed by atoms with Crippen molar-refractivity contribution in [2.75, 3.05) is 32.7 Å². The molecule has 0 bridgehead atoms. The van der Waals surface area contributed by atoms with Crippen molar-refractivity contribution in [2.24, 2.45) is 0 Å². The monoisotopic (exact) mass is 302 g/mol. The first-order valence-corrected chi connectivity index (χ1v) is 8.84. The van der Waals surface area contributed by atoms with Gasteiger partial charge >= 0.3 is 0 Å². The van der Waals surface area contributed by atoms with E-state index < -0.39 is 0 Å². The predicted molar refractivity (Wildman–Crippen MR) is 91.1 cm³/mol. The van der Waals surface area contributed by atoms with E-state index >= 15 is 0 Å². The number of aliphatic hydroxyl groups is 1. The van der Waals surface area contributed by atoms with Crippen molar-refractivity contribution in [2.45, 2.75) is 51.7 Å². The minimum absolute atomic E-state index is 0.364. The maximum absolute atomic E-state index is 10.5. The fourth-order valence-corrected chi connectivity index (χ4v) is 4.13. The van der Waals surface area contributed by atoms with Gasteiger partial charge in [-0.3, -0.25) is 9.80 Å². The summed E-state index contributed by atoms with van der Waals surface area (Å²) >= 11 is 0. The van der Waals surface area contributed by atoms with Gasteiger partial charge in [-0.05, 0) is 32.3 Å². The Bertz CT molecular complexity index is 468. The van der Waals surface area contributed by atoms with Gasteiger partial charge in [0.05, 0.1) is 6.10 Å². The van der Waals surface area contributed by atoms with Crippen molar-refractivity contribution in [3.8, 4) is 0 Å². The summed E-state index contributed by atoms with van der Waals surface area (Å²) < 4.78 is 0. The number of rotatable bonds is 4. The van der Waals surface area contributed by atoms with Crippen LogP contribution in [0.15, 0.2) is 18.2 Å². The third-order valence-electron chi connectivity index (χ3n) is 5.31. The molecule has 3 nitrogen and oxygen atoms in total. The molecule has 2 fully saturated rings. The second-order valence-corrected chi connectivity index (χ2v) is 7.21. The van der Waals surface area contributed by atoms with Crippen LogP contribution < -0.4 is 0 Å². The molecular weight excluding hydrogens is 272 g/mol. The van der Waals surface area contributed by atoms with Crippen molar-refractivity contribution in [3.63, 3.8) is 0 Å².